The van der Waals surface area contributed by atoms with Crippen molar-refractivity contribution in [3.63, 3.8) is 0 Å². The van der Waals surface area contributed by atoms with E-state index in [1.54, 1.807) is 0 Å². The van der Waals surface area contributed by atoms with Gasteiger partial charge in [-0.3, -0.25) is 4.98 Å². The van der Waals surface area contributed by atoms with Crippen LogP contribution in [0.3, 0.4) is 0 Å². The monoisotopic (exact) mass is 244 g/mol. The molecule has 18 heavy (non-hydrogen) atoms. The van der Waals surface area contributed by atoms with Crippen LogP contribution in [0.5, 0.6) is 0 Å². The van der Waals surface area contributed by atoms with Crippen LogP contribution in [-0.4, -0.2) is 27.4 Å². The maximum absolute atomic E-state index is 11.8. The summed E-state index contributed by atoms with van der Waals surface area (Å²) in [6.07, 6.45) is 3.14. The first-order valence-electron chi connectivity index (χ1n) is 6.30. The zero-order chi connectivity index (χ0) is 12.4. The maximum atomic E-state index is 11.8. The second-order valence-corrected chi connectivity index (χ2v) is 4.62. The van der Waals surface area contributed by atoms with E-state index in [0.29, 0.717) is 6.04 Å². The standard InChI is InChI=1S/C13H16N4O/c18-13-15-12(9-10-5-4-8-14-10)16-17(13)11-6-2-1-3-7-11/h1-3,6-7,10,14H,4-5,8-9H2,(H,15,16,18). The van der Waals surface area contributed by atoms with Crippen LogP contribution >= 0.6 is 0 Å². The van der Waals surface area contributed by atoms with Gasteiger partial charge >= 0.3 is 5.69 Å². The normalized spacial score (nSPS) is 19.2. The fourth-order valence-electron chi connectivity index (χ4n) is 2.37. The van der Waals surface area contributed by atoms with E-state index in [1.165, 1.54) is 11.1 Å². The van der Waals surface area contributed by atoms with E-state index in [9.17, 15) is 4.79 Å². The number of hydrogen-bond acceptors (Lipinski definition) is 3. The van der Waals surface area contributed by atoms with Crippen LogP contribution in [0.15, 0.2) is 35.1 Å². The second kappa shape index (κ2) is 4.78. The Morgan fingerprint density at radius 1 is 1.33 bits per heavy atom. The lowest BCUT2D eigenvalue weighted by Gasteiger charge is -2.06. The van der Waals surface area contributed by atoms with Crippen molar-refractivity contribution < 1.29 is 0 Å². The van der Waals surface area contributed by atoms with E-state index in [4.69, 9.17) is 0 Å². The summed E-state index contributed by atoms with van der Waals surface area (Å²) in [6.45, 7) is 1.06. The number of benzene rings is 1. The van der Waals surface area contributed by atoms with Gasteiger partial charge in [0.2, 0.25) is 0 Å². The maximum Gasteiger partial charge on any atom is 0.348 e. The summed E-state index contributed by atoms with van der Waals surface area (Å²) >= 11 is 0. The molecule has 3 rings (SSSR count). The topological polar surface area (TPSA) is 62.7 Å². The Morgan fingerprint density at radius 2 is 2.17 bits per heavy atom. The highest BCUT2D eigenvalue weighted by Crippen LogP contribution is 2.09. The number of hydrogen-bond donors (Lipinski definition) is 2. The molecule has 0 saturated carbocycles. The van der Waals surface area contributed by atoms with E-state index in [-0.39, 0.29) is 5.69 Å². The molecule has 2 aromatic rings. The van der Waals surface area contributed by atoms with E-state index in [0.717, 1.165) is 30.9 Å². The van der Waals surface area contributed by atoms with Crippen LogP contribution in [0.2, 0.25) is 0 Å². The summed E-state index contributed by atoms with van der Waals surface area (Å²) in [5.41, 5.74) is 0.624. The first-order valence-corrected chi connectivity index (χ1v) is 6.30. The summed E-state index contributed by atoms with van der Waals surface area (Å²) in [7, 11) is 0. The lowest BCUT2D eigenvalue weighted by Crippen LogP contribution is -2.24. The molecule has 0 bridgehead atoms. The van der Waals surface area contributed by atoms with Gasteiger partial charge in [-0.15, -0.1) is 0 Å². The number of aromatic nitrogens is 3. The summed E-state index contributed by atoms with van der Waals surface area (Å²) in [4.78, 5) is 14.7. The fourth-order valence-corrected chi connectivity index (χ4v) is 2.37. The van der Waals surface area contributed by atoms with E-state index in [1.807, 2.05) is 30.3 Å². The van der Waals surface area contributed by atoms with Crippen LogP contribution in [0, 0.1) is 0 Å². The summed E-state index contributed by atoms with van der Waals surface area (Å²) in [5, 5.41) is 7.75. The molecule has 1 saturated heterocycles. The molecule has 94 valence electrons. The van der Waals surface area contributed by atoms with Gasteiger partial charge in [-0.05, 0) is 31.5 Å². The van der Waals surface area contributed by atoms with Crippen LogP contribution in [0.4, 0.5) is 0 Å². The Kier molecular flexibility index (Phi) is 2.98. The van der Waals surface area contributed by atoms with Crippen molar-refractivity contribution in [3.05, 3.63) is 46.6 Å². The van der Waals surface area contributed by atoms with Gasteiger partial charge in [0.1, 0.15) is 5.82 Å². The summed E-state index contributed by atoms with van der Waals surface area (Å²) < 4.78 is 1.42. The van der Waals surface area contributed by atoms with Gasteiger partial charge in [0.15, 0.2) is 0 Å². The Balaban J connectivity index is 1.84. The second-order valence-electron chi connectivity index (χ2n) is 4.62. The highest BCUT2D eigenvalue weighted by molar-refractivity contribution is 5.29. The Bertz CT molecular complexity index is 566. The van der Waals surface area contributed by atoms with E-state index < -0.39 is 0 Å². The highest BCUT2D eigenvalue weighted by Gasteiger charge is 2.17. The highest BCUT2D eigenvalue weighted by atomic mass is 16.1. The minimum absolute atomic E-state index is 0.172. The molecule has 5 nitrogen and oxygen atoms in total. The minimum atomic E-state index is -0.172. The summed E-state index contributed by atoms with van der Waals surface area (Å²) in [5.74, 6) is 0.753. The SMILES string of the molecule is O=c1[nH]c(CC2CCCN2)nn1-c1ccccc1. The largest absolute Gasteiger partial charge is 0.348 e. The first kappa shape index (κ1) is 11.2. The van der Waals surface area contributed by atoms with Gasteiger partial charge in [0.05, 0.1) is 5.69 Å². The molecule has 2 heterocycles. The van der Waals surface area contributed by atoms with Gasteiger partial charge in [-0.1, -0.05) is 18.2 Å². The zero-order valence-corrected chi connectivity index (χ0v) is 10.1. The van der Waals surface area contributed by atoms with Crippen molar-refractivity contribution in [1.82, 2.24) is 20.1 Å². The molecule has 1 fully saturated rings. The van der Waals surface area contributed by atoms with Gasteiger partial charge in [0.25, 0.3) is 0 Å². The molecule has 0 spiro atoms. The molecule has 0 amide bonds. The Morgan fingerprint density at radius 3 is 2.89 bits per heavy atom. The lowest BCUT2D eigenvalue weighted by molar-refractivity contribution is 0.584. The van der Waals surface area contributed by atoms with E-state index >= 15 is 0 Å². The van der Waals surface area contributed by atoms with Crippen molar-refractivity contribution in [2.75, 3.05) is 6.54 Å². The number of H-pyrrole nitrogens is 1. The van der Waals surface area contributed by atoms with Gasteiger partial charge in [0, 0.05) is 12.5 Å². The fraction of sp³-hybridized carbons (Fsp3) is 0.385. The zero-order valence-electron chi connectivity index (χ0n) is 10.1. The van der Waals surface area contributed by atoms with Gasteiger partial charge in [-0.2, -0.15) is 9.78 Å². The van der Waals surface area contributed by atoms with E-state index in [2.05, 4.69) is 15.4 Å². The van der Waals surface area contributed by atoms with Crippen LogP contribution < -0.4 is 11.0 Å². The van der Waals surface area contributed by atoms with Crippen molar-refractivity contribution >= 4 is 0 Å². The Labute approximate surface area is 105 Å². The minimum Gasteiger partial charge on any atom is -0.314 e. The molecule has 5 heteroatoms. The molecule has 0 radical (unpaired) electrons. The molecule has 1 unspecified atom stereocenters. The van der Waals surface area contributed by atoms with Crippen molar-refractivity contribution in [1.29, 1.82) is 0 Å². The van der Waals surface area contributed by atoms with Crippen molar-refractivity contribution in [2.24, 2.45) is 0 Å². The van der Waals surface area contributed by atoms with Gasteiger partial charge in [-0.25, -0.2) is 4.79 Å². The summed E-state index contributed by atoms with van der Waals surface area (Å²) in [6, 6.07) is 9.91. The molecule has 1 aliphatic rings. The number of para-hydroxylation sites is 1. The number of aromatic amines is 1. The number of nitrogens with zero attached hydrogens (tertiary/aromatic N) is 2. The van der Waals surface area contributed by atoms with Gasteiger partial charge < -0.3 is 5.32 Å². The molecular weight excluding hydrogens is 228 g/mol. The van der Waals surface area contributed by atoms with Crippen LogP contribution in [-0.2, 0) is 6.42 Å². The molecule has 2 N–H and O–H groups in total. The third kappa shape index (κ3) is 2.22. The van der Waals surface area contributed by atoms with Crippen molar-refractivity contribution in [2.45, 2.75) is 25.3 Å². The molecular formula is C13H16N4O. The first-order chi connectivity index (χ1) is 8.83. The smallest absolute Gasteiger partial charge is 0.314 e. The number of rotatable bonds is 3. The lowest BCUT2D eigenvalue weighted by atomic mass is 10.1. The predicted molar refractivity (Wildman–Crippen MR) is 68.9 cm³/mol. The molecule has 1 aromatic carbocycles. The third-order valence-electron chi connectivity index (χ3n) is 3.27. The quantitative estimate of drug-likeness (QED) is 0.841. The average Bonchev–Trinajstić information content (AvgIpc) is 3.01. The molecule has 1 atom stereocenters. The Hall–Kier alpha value is -1.88. The molecule has 0 aliphatic carbocycles. The predicted octanol–water partition coefficient (Wildman–Crippen LogP) is 0.855. The third-order valence-corrected chi connectivity index (χ3v) is 3.27. The molecule has 1 aliphatic heterocycles. The van der Waals surface area contributed by atoms with Crippen LogP contribution in [0.1, 0.15) is 18.7 Å². The molecule has 1 aromatic heterocycles. The van der Waals surface area contributed by atoms with Crippen LogP contribution in [0.25, 0.3) is 5.69 Å². The average molecular weight is 244 g/mol. The van der Waals surface area contributed by atoms with Crippen molar-refractivity contribution in [3.8, 4) is 5.69 Å². The number of nitrogens with one attached hydrogen (secondary N) is 2.